The lowest BCUT2D eigenvalue weighted by Crippen LogP contribution is -2.09. The summed E-state index contributed by atoms with van der Waals surface area (Å²) in [5.74, 6) is 0.913. The Labute approximate surface area is 103 Å². The van der Waals surface area contributed by atoms with Crippen LogP contribution < -0.4 is 4.74 Å². The first-order chi connectivity index (χ1) is 8.15. The third kappa shape index (κ3) is 4.89. The second kappa shape index (κ2) is 6.94. The molecule has 0 aliphatic heterocycles. The number of ether oxygens (including phenoxy) is 1. The van der Waals surface area contributed by atoms with Gasteiger partial charge in [0.1, 0.15) is 5.75 Å². The van der Waals surface area contributed by atoms with Crippen molar-refractivity contribution in [3.8, 4) is 5.75 Å². The molecule has 0 amide bonds. The van der Waals surface area contributed by atoms with Gasteiger partial charge in [0.25, 0.3) is 0 Å². The fraction of sp³-hybridized carbons (Fsp3) is 0.500. The zero-order chi connectivity index (χ0) is 12.7. The van der Waals surface area contributed by atoms with Crippen molar-refractivity contribution in [2.45, 2.75) is 46.1 Å². The van der Waals surface area contributed by atoms with Crippen LogP contribution in [0.2, 0.25) is 0 Å². The minimum atomic E-state index is 0.254. The van der Waals surface area contributed by atoms with E-state index in [-0.39, 0.29) is 6.10 Å². The number of nitrogens with zero attached hydrogens (tertiary/aromatic N) is 1. The normalized spacial score (nSPS) is 13.5. The highest BCUT2D eigenvalue weighted by Gasteiger charge is 2.01. The maximum Gasteiger partial charge on any atom is 0.119 e. The van der Waals surface area contributed by atoms with Gasteiger partial charge in [0.05, 0.1) is 11.8 Å². The molecule has 94 valence electrons. The molecule has 1 aromatic rings. The van der Waals surface area contributed by atoms with Gasteiger partial charge in [0.2, 0.25) is 0 Å². The van der Waals surface area contributed by atoms with E-state index in [9.17, 15) is 0 Å². The van der Waals surface area contributed by atoms with E-state index in [2.05, 4.69) is 31.1 Å². The first kappa shape index (κ1) is 13.6. The summed E-state index contributed by atoms with van der Waals surface area (Å²) in [5, 5.41) is 11.7. The minimum absolute atomic E-state index is 0.254. The number of aryl methyl sites for hydroxylation is 1. The summed E-state index contributed by atoms with van der Waals surface area (Å²) >= 11 is 0. The molecule has 0 aliphatic carbocycles. The standard InChI is InChI=1S/C14H21NO2/c1-4-12(3)17-14-9-7-13(8-10-14)6-5-11(2)15-16/h7-10,12,16H,4-6H2,1-3H3/b15-11+. The van der Waals surface area contributed by atoms with E-state index in [1.807, 2.05) is 19.1 Å². The van der Waals surface area contributed by atoms with E-state index in [4.69, 9.17) is 9.94 Å². The van der Waals surface area contributed by atoms with E-state index < -0.39 is 0 Å². The summed E-state index contributed by atoms with van der Waals surface area (Å²) in [7, 11) is 0. The van der Waals surface area contributed by atoms with Crippen LogP contribution in [0.1, 0.15) is 39.2 Å². The molecule has 1 aromatic carbocycles. The molecule has 1 unspecified atom stereocenters. The average molecular weight is 235 g/mol. The molecule has 0 fully saturated rings. The second-order valence-corrected chi connectivity index (χ2v) is 4.32. The summed E-state index contributed by atoms with van der Waals surface area (Å²) in [6.45, 7) is 5.99. The van der Waals surface area contributed by atoms with Crippen LogP contribution in [0.15, 0.2) is 29.4 Å². The molecule has 1 N–H and O–H groups in total. The molecule has 0 radical (unpaired) electrons. The number of oxime groups is 1. The van der Waals surface area contributed by atoms with Gasteiger partial charge in [0.15, 0.2) is 0 Å². The van der Waals surface area contributed by atoms with Crippen molar-refractivity contribution in [1.29, 1.82) is 0 Å². The Morgan fingerprint density at radius 3 is 2.53 bits per heavy atom. The second-order valence-electron chi connectivity index (χ2n) is 4.32. The molecule has 0 aliphatic rings. The highest BCUT2D eigenvalue weighted by Crippen LogP contribution is 2.15. The van der Waals surface area contributed by atoms with Gasteiger partial charge in [0, 0.05) is 0 Å². The molecule has 1 atom stereocenters. The van der Waals surface area contributed by atoms with Gasteiger partial charge in [-0.1, -0.05) is 24.2 Å². The fourth-order valence-electron chi connectivity index (χ4n) is 1.43. The van der Waals surface area contributed by atoms with Crippen LogP contribution in [0.25, 0.3) is 0 Å². The quantitative estimate of drug-likeness (QED) is 0.464. The van der Waals surface area contributed by atoms with Gasteiger partial charge in [-0.05, 0) is 50.8 Å². The first-order valence-electron chi connectivity index (χ1n) is 6.08. The van der Waals surface area contributed by atoms with Crippen LogP contribution in [0, 0.1) is 0 Å². The van der Waals surface area contributed by atoms with Gasteiger partial charge >= 0.3 is 0 Å². The van der Waals surface area contributed by atoms with Crippen LogP contribution in [0.4, 0.5) is 0 Å². The third-order valence-electron chi connectivity index (χ3n) is 2.78. The zero-order valence-electron chi connectivity index (χ0n) is 10.8. The lowest BCUT2D eigenvalue weighted by atomic mass is 10.1. The highest BCUT2D eigenvalue weighted by atomic mass is 16.5. The molecule has 0 saturated carbocycles. The van der Waals surface area contributed by atoms with Gasteiger partial charge in [-0.25, -0.2) is 0 Å². The van der Waals surface area contributed by atoms with E-state index in [0.717, 1.165) is 30.7 Å². The summed E-state index contributed by atoms with van der Waals surface area (Å²) in [4.78, 5) is 0. The molecule has 0 aromatic heterocycles. The average Bonchev–Trinajstić information content (AvgIpc) is 2.37. The lowest BCUT2D eigenvalue weighted by Gasteiger charge is -2.12. The third-order valence-corrected chi connectivity index (χ3v) is 2.78. The van der Waals surface area contributed by atoms with Crippen molar-refractivity contribution >= 4 is 5.71 Å². The van der Waals surface area contributed by atoms with E-state index >= 15 is 0 Å². The van der Waals surface area contributed by atoms with Gasteiger partial charge in [-0.3, -0.25) is 0 Å². The lowest BCUT2D eigenvalue weighted by molar-refractivity contribution is 0.217. The van der Waals surface area contributed by atoms with Crippen molar-refractivity contribution in [2.75, 3.05) is 0 Å². The molecule has 3 heteroatoms. The summed E-state index contributed by atoms with van der Waals surface area (Å²) in [5.41, 5.74) is 1.98. The largest absolute Gasteiger partial charge is 0.491 e. The van der Waals surface area contributed by atoms with Crippen LogP contribution in [-0.4, -0.2) is 17.0 Å². The fourth-order valence-corrected chi connectivity index (χ4v) is 1.43. The Balaban J connectivity index is 2.50. The Hall–Kier alpha value is -1.51. The number of rotatable bonds is 6. The zero-order valence-corrected chi connectivity index (χ0v) is 10.8. The highest BCUT2D eigenvalue weighted by molar-refractivity contribution is 5.81. The van der Waals surface area contributed by atoms with Crippen molar-refractivity contribution in [3.63, 3.8) is 0 Å². The number of hydrogen-bond donors (Lipinski definition) is 1. The molecule has 1 rings (SSSR count). The monoisotopic (exact) mass is 235 g/mol. The van der Waals surface area contributed by atoms with Crippen LogP contribution in [-0.2, 0) is 6.42 Å². The Kier molecular flexibility index (Phi) is 5.53. The molecular weight excluding hydrogens is 214 g/mol. The van der Waals surface area contributed by atoms with Gasteiger partial charge < -0.3 is 9.94 Å². The summed E-state index contributed by atoms with van der Waals surface area (Å²) < 4.78 is 5.70. The Morgan fingerprint density at radius 2 is 2.00 bits per heavy atom. The number of hydrogen-bond acceptors (Lipinski definition) is 3. The predicted molar refractivity (Wildman–Crippen MR) is 70.0 cm³/mol. The van der Waals surface area contributed by atoms with Crippen molar-refractivity contribution in [2.24, 2.45) is 5.16 Å². The van der Waals surface area contributed by atoms with E-state index in [1.54, 1.807) is 0 Å². The Morgan fingerprint density at radius 1 is 1.35 bits per heavy atom. The topological polar surface area (TPSA) is 41.8 Å². The first-order valence-corrected chi connectivity index (χ1v) is 6.08. The summed E-state index contributed by atoms with van der Waals surface area (Å²) in [6.07, 6.45) is 2.93. The molecule has 0 heterocycles. The minimum Gasteiger partial charge on any atom is -0.491 e. The van der Waals surface area contributed by atoms with Crippen LogP contribution in [0.5, 0.6) is 5.75 Å². The van der Waals surface area contributed by atoms with Gasteiger partial charge in [-0.15, -0.1) is 0 Å². The van der Waals surface area contributed by atoms with Crippen molar-refractivity contribution in [3.05, 3.63) is 29.8 Å². The SMILES string of the molecule is CCC(C)Oc1ccc(CC/C(C)=N/O)cc1. The van der Waals surface area contributed by atoms with Crippen LogP contribution in [0.3, 0.4) is 0 Å². The molecular formula is C14H21NO2. The Bertz CT molecular complexity index is 357. The molecule has 0 saturated heterocycles. The maximum atomic E-state index is 8.55. The van der Waals surface area contributed by atoms with Gasteiger partial charge in [-0.2, -0.15) is 0 Å². The van der Waals surface area contributed by atoms with Crippen molar-refractivity contribution < 1.29 is 9.94 Å². The molecule has 17 heavy (non-hydrogen) atoms. The maximum absolute atomic E-state index is 8.55. The summed E-state index contributed by atoms with van der Waals surface area (Å²) in [6, 6.07) is 8.10. The van der Waals surface area contributed by atoms with Crippen molar-refractivity contribution in [1.82, 2.24) is 0 Å². The smallest absolute Gasteiger partial charge is 0.119 e. The predicted octanol–water partition coefficient (Wildman–Crippen LogP) is 3.65. The van der Waals surface area contributed by atoms with Crippen LogP contribution >= 0.6 is 0 Å². The van der Waals surface area contributed by atoms with E-state index in [1.165, 1.54) is 5.56 Å². The molecule has 0 spiro atoms. The van der Waals surface area contributed by atoms with E-state index in [0.29, 0.717) is 0 Å². The molecule has 3 nitrogen and oxygen atoms in total. The number of benzene rings is 1. The molecule has 0 bridgehead atoms.